The number of anilines is 1. The normalized spacial score (nSPS) is 18.0. The molecule has 16 heavy (non-hydrogen) atoms. The first-order chi connectivity index (χ1) is 7.86. The fraction of sp³-hybridized carbons (Fsp3) is 0.545. The van der Waals surface area contributed by atoms with Gasteiger partial charge in [0.1, 0.15) is 11.8 Å². The Balaban J connectivity index is 2.06. The van der Waals surface area contributed by atoms with Gasteiger partial charge in [0.25, 0.3) is 0 Å². The smallest absolute Gasteiger partial charge is 0.174 e. The van der Waals surface area contributed by atoms with Gasteiger partial charge in [0.05, 0.1) is 0 Å². The van der Waals surface area contributed by atoms with E-state index in [9.17, 15) is 0 Å². The molecule has 0 radical (unpaired) electrons. The first-order valence-electron chi connectivity index (χ1n) is 5.72. The Bertz CT molecular complexity index is 502. The van der Waals surface area contributed by atoms with Gasteiger partial charge in [-0.05, 0) is 12.8 Å². The van der Waals surface area contributed by atoms with Crippen LogP contribution in [0.2, 0.25) is 0 Å². The highest BCUT2D eigenvalue weighted by molar-refractivity contribution is 5.84. The molecule has 0 atom stereocenters. The first-order valence-corrected chi connectivity index (χ1v) is 5.72. The van der Waals surface area contributed by atoms with Gasteiger partial charge in [-0.15, -0.1) is 0 Å². The van der Waals surface area contributed by atoms with Gasteiger partial charge in [-0.3, -0.25) is 0 Å². The van der Waals surface area contributed by atoms with Crippen molar-refractivity contribution < 1.29 is 4.52 Å². The molecular formula is C11H14N4O. The maximum Gasteiger partial charge on any atom is 0.174 e. The van der Waals surface area contributed by atoms with Gasteiger partial charge in [-0.25, -0.2) is 9.97 Å². The quantitative estimate of drug-likeness (QED) is 0.794. The molecule has 1 aliphatic rings. The minimum absolute atomic E-state index is 0.399. The van der Waals surface area contributed by atoms with Gasteiger partial charge >= 0.3 is 0 Å². The molecule has 2 aromatic rings. The molecule has 2 aromatic heterocycles. The van der Waals surface area contributed by atoms with Gasteiger partial charge in [0.15, 0.2) is 17.1 Å². The van der Waals surface area contributed by atoms with Gasteiger partial charge in [-0.2, -0.15) is 0 Å². The predicted octanol–water partition coefficient (Wildman–Crippen LogP) is 2.25. The molecule has 2 heterocycles. The topological polar surface area (TPSA) is 77.8 Å². The van der Waals surface area contributed by atoms with E-state index < -0.39 is 0 Å². The molecule has 0 spiro atoms. The van der Waals surface area contributed by atoms with E-state index in [2.05, 4.69) is 15.1 Å². The van der Waals surface area contributed by atoms with Crippen molar-refractivity contribution in [1.82, 2.24) is 15.1 Å². The summed E-state index contributed by atoms with van der Waals surface area (Å²) in [5.74, 6) is 1.74. The number of hydrogen-bond acceptors (Lipinski definition) is 5. The maximum absolute atomic E-state index is 5.73. The zero-order chi connectivity index (χ0) is 11.0. The van der Waals surface area contributed by atoms with E-state index in [0.717, 1.165) is 24.1 Å². The van der Waals surface area contributed by atoms with Gasteiger partial charge < -0.3 is 10.3 Å². The zero-order valence-electron chi connectivity index (χ0n) is 9.02. The third-order valence-electron chi connectivity index (χ3n) is 3.30. The molecule has 1 aliphatic carbocycles. The lowest BCUT2D eigenvalue weighted by Crippen LogP contribution is -2.04. The average molecular weight is 218 g/mol. The average Bonchev–Trinajstić information content (AvgIpc) is 2.75. The molecule has 0 aromatic carbocycles. The Hall–Kier alpha value is -1.65. The summed E-state index contributed by atoms with van der Waals surface area (Å²) in [5.41, 5.74) is 7.12. The molecule has 0 bridgehead atoms. The Labute approximate surface area is 93.0 Å². The van der Waals surface area contributed by atoms with Crippen molar-refractivity contribution in [3.8, 4) is 0 Å². The summed E-state index contributed by atoms with van der Waals surface area (Å²) in [6.45, 7) is 0. The minimum atomic E-state index is 0.399. The van der Waals surface area contributed by atoms with Crippen LogP contribution in [0, 0.1) is 0 Å². The van der Waals surface area contributed by atoms with E-state index in [1.54, 1.807) is 0 Å². The van der Waals surface area contributed by atoms with Crippen molar-refractivity contribution in [2.75, 3.05) is 5.73 Å². The van der Waals surface area contributed by atoms with Crippen LogP contribution in [-0.4, -0.2) is 15.1 Å². The van der Waals surface area contributed by atoms with Crippen LogP contribution in [-0.2, 0) is 0 Å². The molecule has 0 unspecified atom stereocenters. The van der Waals surface area contributed by atoms with E-state index >= 15 is 0 Å². The molecule has 0 aliphatic heterocycles. The predicted molar refractivity (Wildman–Crippen MR) is 59.8 cm³/mol. The lowest BCUT2D eigenvalue weighted by atomic mass is 9.87. The van der Waals surface area contributed by atoms with Crippen LogP contribution in [0.3, 0.4) is 0 Å². The minimum Gasteiger partial charge on any atom is -0.382 e. The van der Waals surface area contributed by atoms with Crippen molar-refractivity contribution in [3.63, 3.8) is 0 Å². The fourth-order valence-corrected chi connectivity index (χ4v) is 2.43. The molecule has 0 amide bonds. The molecule has 84 valence electrons. The highest BCUT2D eigenvalue weighted by Gasteiger charge is 2.23. The Morgan fingerprint density at radius 2 is 1.94 bits per heavy atom. The highest BCUT2D eigenvalue weighted by Crippen LogP contribution is 2.36. The highest BCUT2D eigenvalue weighted by atomic mass is 16.5. The van der Waals surface area contributed by atoms with E-state index in [0.29, 0.717) is 17.3 Å². The SMILES string of the molecule is Nc1ncnc2c(C3CCCCC3)onc12. The fourth-order valence-electron chi connectivity index (χ4n) is 2.43. The molecule has 0 saturated heterocycles. The van der Waals surface area contributed by atoms with E-state index in [4.69, 9.17) is 10.3 Å². The zero-order valence-corrected chi connectivity index (χ0v) is 9.02. The molecular weight excluding hydrogens is 204 g/mol. The van der Waals surface area contributed by atoms with Crippen molar-refractivity contribution in [2.24, 2.45) is 0 Å². The standard InChI is InChI=1S/C11H14N4O/c12-11-9-8(13-6-14-11)10(16-15-9)7-4-2-1-3-5-7/h6-7H,1-5H2,(H2,12,13,14). The summed E-state index contributed by atoms with van der Waals surface area (Å²) >= 11 is 0. The second-order valence-electron chi connectivity index (χ2n) is 4.34. The number of nitrogens with two attached hydrogens (primary N) is 1. The number of nitrogens with zero attached hydrogens (tertiary/aromatic N) is 3. The van der Waals surface area contributed by atoms with Crippen LogP contribution < -0.4 is 5.73 Å². The lowest BCUT2D eigenvalue weighted by Gasteiger charge is -2.18. The Kier molecular flexibility index (Phi) is 2.23. The second-order valence-corrected chi connectivity index (χ2v) is 4.34. The van der Waals surface area contributed by atoms with Crippen LogP contribution in [0.5, 0.6) is 0 Å². The Morgan fingerprint density at radius 1 is 1.12 bits per heavy atom. The van der Waals surface area contributed by atoms with E-state index in [1.807, 2.05) is 0 Å². The molecule has 5 heteroatoms. The van der Waals surface area contributed by atoms with Crippen molar-refractivity contribution in [1.29, 1.82) is 0 Å². The molecule has 1 saturated carbocycles. The number of fused-ring (bicyclic) bond motifs is 1. The molecule has 3 rings (SSSR count). The monoisotopic (exact) mass is 218 g/mol. The number of hydrogen-bond donors (Lipinski definition) is 1. The largest absolute Gasteiger partial charge is 0.382 e. The Morgan fingerprint density at radius 3 is 2.75 bits per heavy atom. The van der Waals surface area contributed by atoms with Crippen molar-refractivity contribution in [3.05, 3.63) is 12.1 Å². The molecule has 5 nitrogen and oxygen atoms in total. The first kappa shape index (κ1) is 9.57. The van der Waals surface area contributed by atoms with Crippen molar-refractivity contribution >= 4 is 16.9 Å². The summed E-state index contributed by atoms with van der Waals surface area (Å²) < 4.78 is 5.40. The summed E-state index contributed by atoms with van der Waals surface area (Å²) in [6, 6.07) is 0. The van der Waals surface area contributed by atoms with Gasteiger partial charge in [0, 0.05) is 5.92 Å². The van der Waals surface area contributed by atoms with E-state index in [1.165, 1.54) is 25.6 Å². The van der Waals surface area contributed by atoms with Gasteiger partial charge in [-0.1, -0.05) is 24.4 Å². The van der Waals surface area contributed by atoms with Gasteiger partial charge in [0.2, 0.25) is 0 Å². The number of aromatic nitrogens is 3. The number of rotatable bonds is 1. The summed E-state index contributed by atoms with van der Waals surface area (Å²) in [5, 5.41) is 3.97. The van der Waals surface area contributed by atoms with Crippen LogP contribution >= 0.6 is 0 Å². The van der Waals surface area contributed by atoms with Crippen LogP contribution in [0.1, 0.15) is 43.8 Å². The maximum atomic E-state index is 5.73. The third kappa shape index (κ3) is 1.43. The third-order valence-corrected chi connectivity index (χ3v) is 3.30. The number of nitrogen functional groups attached to an aromatic ring is 1. The second kappa shape index (κ2) is 3.73. The summed E-state index contributed by atoms with van der Waals surface area (Å²) in [4.78, 5) is 8.14. The lowest BCUT2D eigenvalue weighted by molar-refractivity contribution is 0.326. The van der Waals surface area contributed by atoms with Crippen molar-refractivity contribution in [2.45, 2.75) is 38.0 Å². The summed E-state index contributed by atoms with van der Waals surface area (Å²) in [7, 11) is 0. The van der Waals surface area contributed by atoms with Crippen LogP contribution in [0.15, 0.2) is 10.9 Å². The van der Waals surface area contributed by atoms with Crippen LogP contribution in [0.25, 0.3) is 11.0 Å². The molecule has 1 fully saturated rings. The molecule has 2 N–H and O–H groups in total. The van der Waals surface area contributed by atoms with Crippen LogP contribution in [0.4, 0.5) is 5.82 Å². The van der Waals surface area contributed by atoms with E-state index in [-0.39, 0.29) is 0 Å². The summed E-state index contributed by atoms with van der Waals surface area (Å²) in [6.07, 6.45) is 7.63.